The summed E-state index contributed by atoms with van der Waals surface area (Å²) < 4.78 is 92.5. The van der Waals surface area contributed by atoms with Crippen molar-refractivity contribution in [3.8, 4) is 0 Å². The summed E-state index contributed by atoms with van der Waals surface area (Å²) in [6.45, 7) is -6.09. The summed E-state index contributed by atoms with van der Waals surface area (Å²) in [5.41, 5.74) is 0. The summed E-state index contributed by atoms with van der Waals surface area (Å²) in [5.74, 6) is 0. The molecule has 0 spiro atoms. The maximum absolute atomic E-state index is 11.3. The lowest BCUT2D eigenvalue weighted by molar-refractivity contribution is -0.387. The highest BCUT2D eigenvalue weighted by Crippen LogP contribution is 2.37. The van der Waals surface area contributed by atoms with E-state index >= 15 is 0 Å². The van der Waals surface area contributed by atoms with Crippen molar-refractivity contribution < 1.29 is 208 Å². The van der Waals surface area contributed by atoms with Crippen LogP contribution in [0, 0.1) is 0 Å². The molecule has 93 heavy (non-hydrogen) atoms. The molecule has 42 heteroatoms. The van der Waals surface area contributed by atoms with Crippen molar-refractivity contribution in [2.75, 3.05) is 74.2 Å². The molecule has 8 aliphatic heterocycles. The summed E-state index contributed by atoms with van der Waals surface area (Å²) in [6.07, 6.45) is -66.6. The summed E-state index contributed by atoms with van der Waals surface area (Å²) in [6, 6.07) is 0. The van der Waals surface area contributed by atoms with E-state index in [1.807, 2.05) is 0 Å². The molecule has 0 radical (unpaired) electrons. The third-order valence-corrected chi connectivity index (χ3v) is 17.1. The minimum Gasteiger partial charge on any atom is -0.394 e. The monoisotopic (exact) mass is 1370 g/mol. The highest BCUT2D eigenvalue weighted by molar-refractivity contribution is 5.01. The minimum absolute atomic E-state index is 0.629. The van der Waals surface area contributed by atoms with Crippen LogP contribution in [-0.4, -0.2) is 447 Å². The van der Waals surface area contributed by atoms with E-state index in [1.54, 1.807) is 0 Å². The fourth-order valence-electron chi connectivity index (χ4n) is 11.7. The summed E-state index contributed by atoms with van der Waals surface area (Å²) in [7, 11) is 3.65. The second-order valence-electron chi connectivity index (χ2n) is 23.0. The van der Waals surface area contributed by atoms with Gasteiger partial charge in [0.15, 0.2) is 50.3 Å². The molecule has 0 amide bonds. The van der Waals surface area contributed by atoms with Gasteiger partial charge >= 0.3 is 0 Å². The first-order chi connectivity index (χ1) is 44.1. The number of ether oxygens (including phenoxy) is 17. The summed E-state index contributed by atoms with van der Waals surface area (Å²) in [5, 5.41) is 257. The summed E-state index contributed by atoms with van der Waals surface area (Å²) in [4.78, 5) is 0. The average Bonchev–Trinajstić information content (AvgIpc) is 0.800. The van der Waals surface area contributed by atoms with Gasteiger partial charge in [0.1, 0.15) is 195 Å². The zero-order valence-corrected chi connectivity index (χ0v) is 49.9. The van der Waals surface area contributed by atoms with Gasteiger partial charge in [-0.3, -0.25) is 0 Å². The van der Waals surface area contributed by atoms with E-state index in [2.05, 4.69) is 0 Å². The first kappa shape index (κ1) is 78.7. The standard InChI is InChI=1S/C27H48O21.C24H42O21/c1-39-20-8(4-28)44-25(17(36)12(20)31)42-7-11-23(48-26-18(37)13(32)21(40-2)9(5-29)45-26)15(34)19(38)27(46-11)47-22-10(6-30)43-24(41-3)16(35)14(22)33;25-1-5-9(29)10(30)15(35)22(40-5)44-19-7(3-27)42-24(17(37)12(19)32)45-20-8(4-28)41-23(16(36)13(20)33)43-18-6(2-26)39-21(38)14(34)11(18)31/h8-38H,4-7H2,1-3H3;5-38H,1-4H2/t8?,9?,10?,11?,12-,13-,14-,15-,16?,17?,18?,19?,20-,21-,22-,23-,24+,25+,26-,27-;5?,6?,7?,8?,9-,10-,11+,12+,13+,14?,15?,16?,17?,18+,19+,20-,21+,22-,23-,24-/m11/s1. The van der Waals surface area contributed by atoms with Crippen molar-refractivity contribution >= 4 is 0 Å². The first-order valence-corrected chi connectivity index (χ1v) is 29.4. The Morgan fingerprint density at radius 3 is 0.785 bits per heavy atom. The average molecular weight is 1380 g/mol. The molecule has 8 aliphatic rings. The Hall–Kier alpha value is -1.68. The number of hydrogen-bond acceptors (Lipinski definition) is 42. The number of methoxy groups -OCH3 is 3. The largest absolute Gasteiger partial charge is 0.394 e. The van der Waals surface area contributed by atoms with Crippen LogP contribution in [0.25, 0.3) is 0 Å². The molecule has 16 unspecified atom stereocenters. The van der Waals surface area contributed by atoms with Gasteiger partial charge in [-0.25, -0.2) is 0 Å². The Morgan fingerprint density at radius 2 is 0.452 bits per heavy atom. The van der Waals surface area contributed by atoms with E-state index in [-0.39, 0.29) is 0 Å². The Labute approximate surface area is 527 Å². The van der Waals surface area contributed by atoms with Gasteiger partial charge in [0.2, 0.25) is 0 Å². The topological polar surface area (TPSA) is 663 Å². The molecule has 0 bridgehead atoms. The van der Waals surface area contributed by atoms with E-state index < -0.39 is 299 Å². The molecule has 8 rings (SSSR count). The molecule has 0 saturated carbocycles. The van der Waals surface area contributed by atoms with Crippen molar-refractivity contribution in [3.05, 3.63) is 0 Å². The molecule has 8 fully saturated rings. The van der Waals surface area contributed by atoms with E-state index in [1.165, 1.54) is 21.3 Å². The quantitative estimate of drug-likeness (QED) is 0.0452. The predicted octanol–water partition coefficient (Wildman–Crippen LogP) is -17.5. The molecule has 40 atom stereocenters. The number of hydrogen-bond donors (Lipinski definition) is 25. The van der Waals surface area contributed by atoms with Crippen LogP contribution in [0.3, 0.4) is 0 Å². The SMILES string of the molecule is CO[C@H]1OC(CO)[C@@H](O[C@H]2OC(CO[C@H]3OC(CO)[C@@H](OC)[C@H](O)C3O)[C@@H](O[C@H]3OC(CO)[C@@H](OC)[C@H](O)C3O)[C@H](O)C2O)[C@H](O)C1O.OCC1O[C@H](O[C@H]2C(CO)O[C@H](O[C@@H]3C(CO)O[C@H](O[C@H]4C(CO)O[C@H](O)C(O)[C@@H]4O)C(O)[C@@H]3O)C(O)[C@@H]2O)C(O)[C@H](O)[C@@H]1O. The van der Waals surface area contributed by atoms with Crippen molar-refractivity contribution in [1.82, 2.24) is 0 Å². The first-order valence-electron chi connectivity index (χ1n) is 29.4. The molecular formula is C51H90O42. The van der Waals surface area contributed by atoms with Crippen molar-refractivity contribution in [3.63, 3.8) is 0 Å². The summed E-state index contributed by atoms with van der Waals surface area (Å²) >= 11 is 0. The lowest BCUT2D eigenvalue weighted by Gasteiger charge is -2.49. The van der Waals surface area contributed by atoms with Gasteiger partial charge in [-0.15, -0.1) is 0 Å². The van der Waals surface area contributed by atoms with Crippen LogP contribution >= 0.6 is 0 Å². The van der Waals surface area contributed by atoms with Gasteiger partial charge < -0.3 is 208 Å². The molecule has 8 heterocycles. The lowest BCUT2D eigenvalue weighted by atomic mass is 9.95. The second kappa shape index (κ2) is 35.1. The molecule has 546 valence electrons. The third-order valence-electron chi connectivity index (χ3n) is 17.1. The smallest absolute Gasteiger partial charge is 0.187 e. The van der Waals surface area contributed by atoms with Crippen molar-refractivity contribution in [2.24, 2.45) is 0 Å². The lowest BCUT2D eigenvalue weighted by Crippen LogP contribution is -2.67. The second-order valence-corrected chi connectivity index (χ2v) is 23.0. The minimum atomic E-state index is -2.02. The molecule has 0 aromatic carbocycles. The van der Waals surface area contributed by atoms with E-state index in [0.29, 0.717) is 0 Å². The Balaban J connectivity index is 0.000000264. The fourth-order valence-corrected chi connectivity index (χ4v) is 11.7. The Bertz CT molecular complexity index is 2160. The maximum atomic E-state index is 11.3. The van der Waals surface area contributed by atoms with Gasteiger partial charge in [0, 0.05) is 21.3 Å². The highest BCUT2D eigenvalue weighted by atomic mass is 16.8. The van der Waals surface area contributed by atoms with Crippen LogP contribution in [0.5, 0.6) is 0 Å². The molecule has 25 N–H and O–H groups in total. The zero-order valence-electron chi connectivity index (χ0n) is 49.9. The van der Waals surface area contributed by atoms with E-state index in [9.17, 15) is 128 Å². The van der Waals surface area contributed by atoms with Crippen LogP contribution in [-0.2, 0) is 80.5 Å². The van der Waals surface area contributed by atoms with Crippen molar-refractivity contribution in [1.29, 1.82) is 0 Å². The van der Waals surface area contributed by atoms with Gasteiger partial charge in [-0.2, -0.15) is 0 Å². The van der Waals surface area contributed by atoms with Crippen molar-refractivity contribution in [2.45, 2.75) is 246 Å². The van der Waals surface area contributed by atoms with Gasteiger partial charge in [-0.05, 0) is 0 Å². The van der Waals surface area contributed by atoms with Gasteiger partial charge in [0.25, 0.3) is 0 Å². The Morgan fingerprint density at radius 1 is 0.215 bits per heavy atom. The zero-order chi connectivity index (χ0) is 68.8. The molecule has 0 aromatic heterocycles. The maximum Gasteiger partial charge on any atom is 0.187 e. The third kappa shape index (κ3) is 17.0. The van der Waals surface area contributed by atoms with E-state index in [0.717, 1.165) is 0 Å². The number of aliphatic hydroxyl groups is 25. The molecule has 8 saturated heterocycles. The molecule has 42 nitrogen and oxygen atoms in total. The van der Waals surface area contributed by atoms with Crippen LogP contribution in [0.15, 0.2) is 0 Å². The van der Waals surface area contributed by atoms with Crippen LogP contribution in [0.4, 0.5) is 0 Å². The van der Waals surface area contributed by atoms with Gasteiger partial charge in [0.05, 0.1) is 52.9 Å². The normalized spacial score (nSPS) is 51.6. The number of rotatable bonds is 23. The van der Waals surface area contributed by atoms with E-state index in [4.69, 9.17) is 80.5 Å². The van der Waals surface area contributed by atoms with Crippen LogP contribution in [0.2, 0.25) is 0 Å². The number of aliphatic hydroxyl groups excluding tert-OH is 25. The Kier molecular flexibility index (Phi) is 29.7. The molecular weight excluding hydrogens is 1280 g/mol. The van der Waals surface area contributed by atoms with Crippen LogP contribution < -0.4 is 0 Å². The van der Waals surface area contributed by atoms with Crippen LogP contribution in [0.1, 0.15) is 0 Å². The molecule has 0 aromatic rings. The highest BCUT2D eigenvalue weighted by Gasteiger charge is 2.58. The fraction of sp³-hybridized carbons (Fsp3) is 1.00. The van der Waals surface area contributed by atoms with Gasteiger partial charge in [-0.1, -0.05) is 0 Å². The molecule has 0 aliphatic carbocycles. The predicted molar refractivity (Wildman–Crippen MR) is 282 cm³/mol.